The zero-order valence-electron chi connectivity index (χ0n) is 44.5. The quantitative estimate of drug-likeness (QED) is 0.0497. The van der Waals surface area contributed by atoms with Crippen LogP contribution in [0.3, 0.4) is 0 Å². The Kier molecular flexibility index (Phi) is 24.4. The number of aromatic nitrogens is 1. The Hall–Kier alpha value is -4.15. The van der Waals surface area contributed by atoms with E-state index in [0.29, 0.717) is 32.5 Å². The maximum atomic E-state index is 13.6. The van der Waals surface area contributed by atoms with Gasteiger partial charge in [0.1, 0.15) is 30.7 Å². The molecule has 4 N–H and O–H groups in total. The normalized spacial score (nSPS) is 27.7. The molecule has 2 aromatic rings. The highest BCUT2D eigenvalue weighted by molar-refractivity contribution is 5.88. The minimum absolute atomic E-state index is 0.0335. The molecule has 1 aromatic heterocycles. The summed E-state index contributed by atoms with van der Waals surface area (Å²) >= 11 is 0. The first-order chi connectivity index (χ1) is 34.2. The van der Waals surface area contributed by atoms with Crippen molar-refractivity contribution in [2.75, 3.05) is 47.9 Å². The van der Waals surface area contributed by atoms with Crippen molar-refractivity contribution in [3.05, 3.63) is 48.3 Å². The number of fused-ring (bicyclic) bond motifs is 1. The van der Waals surface area contributed by atoms with E-state index in [9.17, 15) is 34.5 Å². The van der Waals surface area contributed by atoms with Gasteiger partial charge in [-0.1, -0.05) is 58.0 Å². The lowest BCUT2D eigenvalue weighted by molar-refractivity contribution is -0.344. The van der Waals surface area contributed by atoms with Crippen molar-refractivity contribution in [2.45, 2.75) is 186 Å². The number of alkyl carbamates (subject to hydrolysis) is 1. The number of ether oxygens (including phenoxy) is 8. The molecule has 0 aliphatic carbocycles. The summed E-state index contributed by atoms with van der Waals surface area (Å²) in [5.74, 6) is -2.26. The first-order valence-electron chi connectivity index (χ1n) is 25.6. The molecule has 2 aliphatic rings. The van der Waals surface area contributed by atoms with E-state index in [0.717, 1.165) is 22.8 Å². The number of carbonyl (C=O) groups excluding carboxylic acids is 4. The number of pyridine rings is 1. The van der Waals surface area contributed by atoms with Crippen LogP contribution in [0.2, 0.25) is 0 Å². The molecule has 0 bridgehead atoms. The van der Waals surface area contributed by atoms with Gasteiger partial charge in [0.15, 0.2) is 24.3 Å². The van der Waals surface area contributed by atoms with E-state index in [4.69, 9.17) is 37.9 Å². The molecule has 0 spiro atoms. The van der Waals surface area contributed by atoms with Crippen LogP contribution in [0.1, 0.15) is 106 Å². The molecule has 2 aliphatic heterocycles. The second-order valence-electron chi connectivity index (χ2n) is 19.7. The van der Waals surface area contributed by atoms with Gasteiger partial charge in [-0.2, -0.15) is 0 Å². The lowest BCUT2D eigenvalue weighted by Crippen LogP contribution is -2.66. The molecule has 3 heterocycles. The largest absolute Gasteiger partial charge is 0.462 e. The topological polar surface area (TPSA) is 234 Å². The number of nitrogens with zero attached hydrogens (tertiary/aromatic N) is 3. The summed E-state index contributed by atoms with van der Waals surface area (Å²) in [7, 11) is 6.76. The highest BCUT2D eigenvalue weighted by atomic mass is 16.7. The minimum Gasteiger partial charge on any atom is -0.462 e. The summed E-state index contributed by atoms with van der Waals surface area (Å²) in [5.41, 5.74) is -0.572. The smallest absolute Gasteiger partial charge is 0.407 e. The summed E-state index contributed by atoms with van der Waals surface area (Å²) in [6.07, 6.45) is -6.34. The van der Waals surface area contributed by atoms with Crippen LogP contribution < -0.4 is 5.32 Å². The average Bonchev–Trinajstić information content (AvgIpc) is 3.33. The van der Waals surface area contributed by atoms with Crippen LogP contribution in [0.4, 0.5) is 4.79 Å². The van der Waals surface area contributed by atoms with Crippen LogP contribution in [-0.2, 0) is 52.3 Å². The Morgan fingerprint density at radius 3 is 2.35 bits per heavy atom. The molecule has 0 unspecified atom stereocenters. The summed E-state index contributed by atoms with van der Waals surface area (Å²) in [5, 5.41) is 40.2. The van der Waals surface area contributed by atoms with Crippen molar-refractivity contribution >= 4 is 41.2 Å². The van der Waals surface area contributed by atoms with Gasteiger partial charge < -0.3 is 73.1 Å². The average molecular weight is 1020 g/mol. The molecule has 1 aromatic carbocycles. The van der Waals surface area contributed by atoms with Crippen LogP contribution in [0, 0.1) is 11.8 Å². The molecule has 406 valence electrons. The standard InChI is InChI=1S/C53H84N4O15/c1-13-37(21-19-23-39-38-22-18-17-20-35(38)24-26-55-39)68-43(62)29-40(59)49(65-12)48(36(25-27-58)28-32(5)41(60)31-57(11)16-4)70-51-46(63)45(56(9)10)47(33(6)67-51)69-44-30-53(8,72-42(61)14-2)50(34(7)66-44)71-52(64)54-15-3/h17-20,22-24,26-27,32-34,36-37,40-41,44-51,59-60,63H,13-16,21,25,28-31H2,1-12H3,(H,54,64)/b23-19+/t32-,33-,34+,36+,37-,40-,41+,44+,45-,46-,47-,48+,49+,50+,51+,53-/m1/s1. The molecule has 0 saturated carbocycles. The van der Waals surface area contributed by atoms with E-state index in [1.165, 1.54) is 7.11 Å². The summed E-state index contributed by atoms with van der Waals surface area (Å²) in [6, 6.07) is 9.04. The van der Waals surface area contributed by atoms with Crippen molar-refractivity contribution in [2.24, 2.45) is 11.8 Å². The molecule has 2 fully saturated rings. The van der Waals surface area contributed by atoms with Gasteiger partial charge in [-0.3, -0.25) is 14.6 Å². The number of likely N-dealkylation sites (N-methyl/N-ethyl adjacent to an activating group) is 2. The summed E-state index contributed by atoms with van der Waals surface area (Å²) in [6.45, 7) is 15.6. The van der Waals surface area contributed by atoms with Gasteiger partial charge in [0, 0.05) is 57.5 Å². The second-order valence-corrected chi connectivity index (χ2v) is 19.7. The molecule has 4 rings (SSSR count). The van der Waals surface area contributed by atoms with Crippen LogP contribution in [-0.4, -0.2) is 188 Å². The first kappa shape index (κ1) is 60.4. The van der Waals surface area contributed by atoms with Crippen molar-refractivity contribution < 1.29 is 72.4 Å². The Bertz CT molecular complexity index is 2020. The van der Waals surface area contributed by atoms with Gasteiger partial charge >= 0.3 is 18.0 Å². The molecule has 0 radical (unpaired) electrons. The van der Waals surface area contributed by atoms with E-state index >= 15 is 0 Å². The second kappa shape index (κ2) is 29.1. The third kappa shape index (κ3) is 16.7. The van der Waals surface area contributed by atoms with Crippen molar-refractivity contribution in [1.82, 2.24) is 20.1 Å². The Morgan fingerprint density at radius 1 is 0.986 bits per heavy atom. The fourth-order valence-electron chi connectivity index (χ4n) is 9.72. The number of nitrogens with one attached hydrogen (secondary N) is 1. The maximum absolute atomic E-state index is 13.6. The molecule has 2 saturated heterocycles. The number of aldehydes is 1. The number of carbonyl (C=O) groups is 4. The van der Waals surface area contributed by atoms with Gasteiger partial charge in [-0.25, -0.2) is 4.79 Å². The zero-order valence-corrected chi connectivity index (χ0v) is 44.5. The predicted molar refractivity (Wildman–Crippen MR) is 269 cm³/mol. The van der Waals surface area contributed by atoms with Crippen molar-refractivity contribution in [1.29, 1.82) is 0 Å². The Labute approximate surface area is 426 Å². The van der Waals surface area contributed by atoms with Crippen LogP contribution in [0.5, 0.6) is 0 Å². The Morgan fingerprint density at radius 2 is 1.71 bits per heavy atom. The molecular formula is C53H84N4O15. The Balaban J connectivity index is 1.59. The molecule has 19 heteroatoms. The third-order valence-electron chi connectivity index (χ3n) is 13.8. The molecule has 1 amide bonds. The highest BCUT2D eigenvalue weighted by Crippen LogP contribution is 2.39. The molecule has 72 heavy (non-hydrogen) atoms. The van der Waals surface area contributed by atoms with E-state index in [2.05, 4.69) is 10.3 Å². The minimum atomic E-state index is -1.51. The van der Waals surface area contributed by atoms with Gasteiger partial charge in [0.25, 0.3) is 0 Å². The monoisotopic (exact) mass is 1020 g/mol. The molecular weight excluding hydrogens is 933 g/mol. The van der Waals surface area contributed by atoms with Gasteiger partial charge in [0.2, 0.25) is 0 Å². The lowest BCUT2D eigenvalue weighted by Gasteiger charge is -2.50. The van der Waals surface area contributed by atoms with Crippen molar-refractivity contribution in [3.63, 3.8) is 0 Å². The van der Waals surface area contributed by atoms with Crippen molar-refractivity contribution in [3.8, 4) is 0 Å². The summed E-state index contributed by atoms with van der Waals surface area (Å²) < 4.78 is 49.6. The number of esters is 2. The highest BCUT2D eigenvalue weighted by Gasteiger charge is 2.54. The maximum Gasteiger partial charge on any atom is 0.407 e. The fraction of sp³-hybridized carbons (Fsp3) is 0.717. The number of benzene rings is 1. The number of methoxy groups -OCH3 is 1. The van der Waals surface area contributed by atoms with Crippen LogP contribution >= 0.6 is 0 Å². The van der Waals surface area contributed by atoms with Crippen LogP contribution in [0.25, 0.3) is 16.8 Å². The molecule has 19 nitrogen and oxygen atoms in total. The van der Waals surface area contributed by atoms with Gasteiger partial charge in [0.05, 0.1) is 48.7 Å². The summed E-state index contributed by atoms with van der Waals surface area (Å²) in [4.78, 5) is 59.7. The fourth-order valence-corrected chi connectivity index (χ4v) is 9.72. The lowest BCUT2D eigenvalue weighted by atomic mass is 9.82. The number of hydrogen-bond donors (Lipinski definition) is 4. The van der Waals surface area contributed by atoms with E-state index < -0.39 is 116 Å². The predicted octanol–water partition coefficient (Wildman–Crippen LogP) is 5.04. The van der Waals surface area contributed by atoms with E-state index in [1.54, 1.807) is 59.8 Å². The van der Waals surface area contributed by atoms with Gasteiger partial charge in [-0.05, 0) is 97.6 Å². The van der Waals surface area contributed by atoms with E-state index in [1.807, 2.05) is 75.2 Å². The first-order valence-corrected chi connectivity index (χ1v) is 25.6. The number of amides is 1. The number of aliphatic hydroxyl groups is 3. The number of hydrogen-bond acceptors (Lipinski definition) is 18. The SMILES string of the molecule is CCNC(=O)O[C@H]1[C@H](C)O[C@@H](O[C@H]2[C@H](N(C)C)[C@@H](O)[C@H](O[C@@H]([C@@H](CC=O)C[C@@H](C)[C@@H](O)CN(C)CC)[C@@H](OC)[C@H](O)CC(=O)O[C@H](CC)C/C=C/c3nccc4ccccc34)O[C@@H]2C)C[C@@]1(C)OC(=O)CC. The number of aliphatic hydroxyl groups excluding tert-OH is 3. The molecule has 16 atom stereocenters. The van der Waals surface area contributed by atoms with Gasteiger partial charge in [-0.15, -0.1) is 0 Å². The van der Waals surface area contributed by atoms with Crippen LogP contribution in [0.15, 0.2) is 42.6 Å². The zero-order chi connectivity index (χ0) is 53.3. The number of rotatable bonds is 28. The van der Waals surface area contributed by atoms with E-state index in [-0.39, 0.29) is 31.6 Å². The third-order valence-corrected chi connectivity index (χ3v) is 13.8.